The smallest absolute Gasteiger partial charge is 0.240 e. The van der Waals surface area contributed by atoms with Gasteiger partial charge in [-0.05, 0) is 37.1 Å². The Morgan fingerprint density at radius 3 is 2.70 bits per heavy atom. The number of rotatable bonds is 7. The van der Waals surface area contributed by atoms with Crippen LogP contribution in [0.1, 0.15) is 12.8 Å². The quantitative estimate of drug-likeness (QED) is 0.529. The number of hydrogen-bond acceptors (Lipinski definition) is 5. The Morgan fingerprint density at radius 1 is 1.17 bits per heavy atom. The topological polar surface area (TPSA) is 60.2 Å². The molecule has 0 N–H and O–H groups in total. The molecule has 1 fully saturated rings. The molecule has 30 heavy (non-hydrogen) atoms. The van der Waals surface area contributed by atoms with Crippen LogP contribution < -0.4 is 9.64 Å². The van der Waals surface area contributed by atoms with Crippen molar-refractivity contribution in [2.75, 3.05) is 18.6 Å². The van der Waals surface area contributed by atoms with E-state index in [4.69, 9.17) is 4.74 Å². The molecule has 2 aromatic carbocycles. The first-order chi connectivity index (χ1) is 14.7. The van der Waals surface area contributed by atoms with Gasteiger partial charge in [0.05, 0.1) is 17.9 Å². The minimum Gasteiger partial charge on any atom is -0.496 e. The fraction of sp³-hybridized carbons (Fsp3) is 0.261. The number of anilines is 1. The summed E-state index contributed by atoms with van der Waals surface area (Å²) in [6, 6.07) is 17.6. The van der Waals surface area contributed by atoms with Crippen LogP contribution in [0.15, 0.2) is 72.4 Å². The molecule has 1 atom stereocenters. The second kappa shape index (κ2) is 9.17. The van der Waals surface area contributed by atoms with Gasteiger partial charge in [-0.1, -0.05) is 48.2 Å². The number of benzene rings is 2. The van der Waals surface area contributed by atoms with Gasteiger partial charge in [0.25, 0.3) is 0 Å². The van der Waals surface area contributed by atoms with Crippen molar-refractivity contribution in [1.82, 2.24) is 14.8 Å². The Labute approximate surface area is 180 Å². The molecular weight excluding hydrogens is 396 g/mol. The summed E-state index contributed by atoms with van der Waals surface area (Å²) < 4.78 is 7.49. The van der Waals surface area contributed by atoms with Crippen LogP contribution >= 0.6 is 11.8 Å². The standard InChI is InChI=1S/C23H24N4O2S/c1-3-15-27-21(18-12-7-8-13-19(18)29-2)24-25-23(27)30-20-14-9-16-26(22(20)28)17-10-5-4-6-11-17/h3-8,10-13,20H,1,9,14-16H2,2H3. The maximum Gasteiger partial charge on any atom is 0.240 e. The highest BCUT2D eigenvalue weighted by Gasteiger charge is 2.32. The first-order valence-electron chi connectivity index (χ1n) is 9.93. The molecule has 0 spiro atoms. The molecule has 1 aliphatic heterocycles. The van der Waals surface area contributed by atoms with Gasteiger partial charge >= 0.3 is 0 Å². The van der Waals surface area contributed by atoms with Gasteiger partial charge in [0.1, 0.15) is 5.75 Å². The fourth-order valence-electron chi connectivity index (χ4n) is 3.64. The molecule has 1 amide bonds. The summed E-state index contributed by atoms with van der Waals surface area (Å²) in [4.78, 5) is 15.1. The van der Waals surface area contributed by atoms with E-state index in [1.54, 1.807) is 7.11 Å². The van der Waals surface area contributed by atoms with Gasteiger partial charge in [0.15, 0.2) is 11.0 Å². The summed E-state index contributed by atoms with van der Waals surface area (Å²) in [7, 11) is 1.64. The van der Waals surface area contributed by atoms with E-state index in [1.165, 1.54) is 11.8 Å². The minimum absolute atomic E-state index is 0.115. The molecule has 1 unspecified atom stereocenters. The number of ether oxygens (including phenoxy) is 1. The van der Waals surface area contributed by atoms with Gasteiger partial charge in [0, 0.05) is 18.8 Å². The van der Waals surface area contributed by atoms with Crippen LogP contribution in [0.2, 0.25) is 0 Å². The maximum atomic E-state index is 13.2. The van der Waals surface area contributed by atoms with Crippen molar-refractivity contribution in [2.45, 2.75) is 29.8 Å². The zero-order valence-electron chi connectivity index (χ0n) is 16.9. The van der Waals surface area contributed by atoms with Crippen LogP contribution in [0, 0.1) is 0 Å². The maximum absolute atomic E-state index is 13.2. The van der Waals surface area contributed by atoms with Gasteiger partial charge in [-0.15, -0.1) is 16.8 Å². The molecule has 0 saturated carbocycles. The summed E-state index contributed by atoms with van der Waals surface area (Å²) in [5.74, 6) is 1.55. The van der Waals surface area contributed by atoms with E-state index in [2.05, 4.69) is 16.8 Å². The molecule has 154 valence electrons. The van der Waals surface area contributed by atoms with E-state index in [9.17, 15) is 4.79 Å². The van der Waals surface area contributed by atoms with Crippen molar-refractivity contribution in [3.8, 4) is 17.1 Å². The number of carbonyl (C=O) groups is 1. The first kappa shape index (κ1) is 20.2. The second-order valence-corrected chi connectivity index (χ2v) is 8.15. The lowest BCUT2D eigenvalue weighted by molar-refractivity contribution is -0.119. The molecule has 4 rings (SSSR count). The number of amides is 1. The zero-order valence-corrected chi connectivity index (χ0v) is 17.7. The molecule has 0 bridgehead atoms. The average Bonchev–Trinajstić information content (AvgIpc) is 3.18. The van der Waals surface area contributed by atoms with Crippen molar-refractivity contribution in [3.63, 3.8) is 0 Å². The van der Waals surface area contributed by atoms with Crippen LogP contribution in [0.4, 0.5) is 5.69 Å². The predicted octanol–water partition coefficient (Wildman–Crippen LogP) is 4.43. The van der Waals surface area contributed by atoms with E-state index in [0.717, 1.165) is 36.4 Å². The lowest BCUT2D eigenvalue weighted by Gasteiger charge is -2.31. The van der Waals surface area contributed by atoms with Crippen molar-refractivity contribution in [2.24, 2.45) is 0 Å². The molecule has 7 heteroatoms. The van der Waals surface area contributed by atoms with Gasteiger partial charge in [-0.2, -0.15) is 0 Å². The molecule has 0 radical (unpaired) electrons. The van der Waals surface area contributed by atoms with Crippen molar-refractivity contribution in [1.29, 1.82) is 0 Å². The van der Waals surface area contributed by atoms with Crippen LogP contribution in [0.3, 0.4) is 0 Å². The van der Waals surface area contributed by atoms with Crippen molar-refractivity contribution in [3.05, 3.63) is 67.3 Å². The van der Waals surface area contributed by atoms with Crippen LogP contribution in [0.5, 0.6) is 5.75 Å². The fourth-order valence-corrected chi connectivity index (χ4v) is 4.78. The van der Waals surface area contributed by atoms with Crippen LogP contribution in [-0.2, 0) is 11.3 Å². The Bertz CT molecular complexity index is 1030. The molecule has 1 aromatic heterocycles. The van der Waals surface area contributed by atoms with Crippen molar-refractivity contribution >= 4 is 23.4 Å². The average molecular weight is 421 g/mol. The van der Waals surface area contributed by atoms with E-state index in [-0.39, 0.29) is 11.2 Å². The van der Waals surface area contributed by atoms with Crippen molar-refractivity contribution < 1.29 is 9.53 Å². The highest BCUT2D eigenvalue weighted by Crippen LogP contribution is 2.35. The third-order valence-electron chi connectivity index (χ3n) is 5.08. The van der Waals surface area contributed by atoms with E-state index in [1.807, 2.05) is 70.1 Å². The van der Waals surface area contributed by atoms with Gasteiger partial charge < -0.3 is 9.64 Å². The number of allylic oxidation sites excluding steroid dienone is 1. The van der Waals surface area contributed by atoms with Gasteiger partial charge in [-0.3, -0.25) is 9.36 Å². The normalized spacial score (nSPS) is 16.5. The van der Waals surface area contributed by atoms with Gasteiger partial charge in [0.2, 0.25) is 5.91 Å². The number of methoxy groups -OCH3 is 1. The second-order valence-electron chi connectivity index (χ2n) is 6.98. The number of nitrogens with zero attached hydrogens (tertiary/aromatic N) is 4. The Morgan fingerprint density at radius 2 is 1.93 bits per heavy atom. The molecule has 3 aromatic rings. The van der Waals surface area contributed by atoms with E-state index < -0.39 is 0 Å². The van der Waals surface area contributed by atoms with Crippen LogP contribution in [0.25, 0.3) is 11.4 Å². The molecule has 1 saturated heterocycles. The van der Waals surface area contributed by atoms with E-state index >= 15 is 0 Å². The summed E-state index contributed by atoms with van der Waals surface area (Å²) >= 11 is 1.48. The van der Waals surface area contributed by atoms with Crippen LogP contribution in [-0.4, -0.2) is 39.6 Å². The highest BCUT2D eigenvalue weighted by atomic mass is 32.2. The molecule has 0 aliphatic carbocycles. The lowest BCUT2D eigenvalue weighted by Crippen LogP contribution is -2.43. The third-order valence-corrected chi connectivity index (χ3v) is 6.32. The molecule has 1 aliphatic rings. The monoisotopic (exact) mass is 420 g/mol. The highest BCUT2D eigenvalue weighted by molar-refractivity contribution is 8.00. The Kier molecular flexibility index (Phi) is 6.18. The minimum atomic E-state index is -0.197. The molecular formula is C23H24N4O2S. The Hall–Kier alpha value is -3.06. The summed E-state index contributed by atoms with van der Waals surface area (Å²) in [5, 5.41) is 9.35. The van der Waals surface area contributed by atoms with E-state index in [0.29, 0.717) is 17.5 Å². The summed E-state index contributed by atoms with van der Waals surface area (Å²) in [6.07, 6.45) is 3.58. The SMILES string of the molecule is C=CCn1c(SC2CCCN(c3ccccc3)C2=O)nnc1-c1ccccc1OC. The lowest BCUT2D eigenvalue weighted by atomic mass is 10.1. The summed E-state index contributed by atoms with van der Waals surface area (Å²) in [5.41, 5.74) is 1.80. The number of piperidine rings is 1. The largest absolute Gasteiger partial charge is 0.496 e. The number of carbonyl (C=O) groups excluding carboxylic acids is 1. The first-order valence-corrected chi connectivity index (χ1v) is 10.8. The number of hydrogen-bond donors (Lipinski definition) is 0. The van der Waals surface area contributed by atoms with Gasteiger partial charge in [-0.25, -0.2) is 0 Å². The number of para-hydroxylation sites is 2. The predicted molar refractivity (Wildman–Crippen MR) is 120 cm³/mol. The Balaban J connectivity index is 1.62. The molecule has 2 heterocycles. The number of aromatic nitrogens is 3. The third kappa shape index (κ3) is 3.98. The molecule has 6 nitrogen and oxygen atoms in total. The number of thioether (sulfide) groups is 1. The summed E-state index contributed by atoms with van der Waals surface area (Å²) in [6.45, 7) is 5.16. The zero-order chi connectivity index (χ0) is 20.9.